The lowest BCUT2D eigenvalue weighted by molar-refractivity contribution is 0.103. The second kappa shape index (κ2) is 6.07. The van der Waals surface area contributed by atoms with Crippen molar-refractivity contribution in [1.82, 2.24) is 14.5 Å². The number of anilines is 1. The monoisotopic (exact) mass is 360 g/mol. The summed E-state index contributed by atoms with van der Waals surface area (Å²) in [6.07, 6.45) is 5.88. The highest BCUT2D eigenvalue weighted by Gasteiger charge is 2.27. The number of imidazole rings is 1. The van der Waals surface area contributed by atoms with Crippen LogP contribution in [0.2, 0.25) is 0 Å². The van der Waals surface area contributed by atoms with Gasteiger partial charge >= 0.3 is 0 Å². The molecule has 5 nitrogen and oxygen atoms in total. The Kier molecular flexibility index (Phi) is 3.57. The zero-order chi connectivity index (χ0) is 17.5. The average Bonchev–Trinajstić information content (AvgIpc) is 3.24. The molecule has 128 valence electrons. The second-order valence-corrected chi connectivity index (χ2v) is 7.50. The van der Waals surface area contributed by atoms with Gasteiger partial charge in [0.1, 0.15) is 11.2 Å². The minimum atomic E-state index is -0.102. The number of hydrogen-bond acceptors (Lipinski definition) is 4. The summed E-state index contributed by atoms with van der Waals surface area (Å²) >= 11 is 1.50. The van der Waals surface area contributed by atoms with Gasteiger partial charge in [0, 0.05) is 17.3 Å². The second-order valence-electron chi connectivity index (χ2n) is 6.44. The third kappa shape index (κ3) is 2.78. The first kappa shape index (κ1) is 15.3. The summed E-state index contributed by atoms with van der Waals surface area (Å²) in [5, 5.41) is 4.03. The number of carbonyl (C=O) groups is 1. The van der Waals surface area contributed by atoms with Crippen molar-refractivity contribution in [2.45, 2.75) is 18.8 Å². The number of hydrogen-bond donors (Lipinski definition) is 1. The Hall–Kier alpha value is -2.99. The number of para-hydroxylation sites is 2. The van der Waals surface area contributed by atoms with Crippen LogP contribution in [0.5, 0.6) is 0 Å². The molecule has 0 spiro atoms. The quantitative estimate of drug-likeness (QED) is 0.578. The van der Waals surface area contributed by atoms with Crippen molar-refractivity contribution < 1.29 is 4.79 Å². The smallest absolute Gasteiger partial charge is 0.267 e. The van der Waals surface area contributed by atoms with Gasteiger partial charge in [-0.3, -0.25) is 9.36 Å². The van der Waals surface area contributed by atoms with E-state index >= 15 is 0 Å². The third-order valence-corrected chi connectivity index (χ3v) is 5.69. The van der Waals surface area contributed by atoms with Crippen LogP contribution in [-0.4, -0.2) is 20.4 Å². The van der Waals surface area contributed by atoms with Crippen LogP contribution in [0.4, 0.5) is 5.69 Å². The molecule has 0 atom stereocenters. The fraction of sp³-hybridized carbons (Fsp3) is 0.150. The van der Waals surface area contributed by atoms with E-state index in [1.165, 1.54) is 24.2 Å². The van der Waals surface area contributed by atoms with Gasteiger partial charge in [-0.05, 0) is 49.2 Å². The van der Waals surface area contributed by atoms with Crippen molar-refractivity contribution >= 4 is 34.0 Å². The molecule has 4 aromatic rings. The standard InChI is InChI=1S/C20H16N4OS/c25-19(18-11-21-20(26-18)13-5-6-13)23-14-7-9-15(10-8-14)24-12-22-16-3-1-2-4-17(16)24/h1-4,7-13H,5-6H2,(H,23,25). The van der Waals surface area contributed by atoms with Gasteiger partial charge in [-0.1, -0.05) is 12.1 Å². The summed E-state index contributed by atoms with van der Waals surface area (Å²) in [5.41, 5.74) is 3.79. The molecule has 0 radical (unpaired) electrons. The van der Waals surface area contributed by atoms with Gasteiger partial charge in [0.25, 0.3) is 5.91 Å². The zero-order valence-corrected chi connectivity index (χ0v) is 14.7. The minimum Gasteiger partial charge on any atom is -0.321 e. The molecule has 26 heavy (non-hydrogen) atoms. The summed E-state index contributed by atoms with van der Waals surface area (Å²) in [6, 6.07) is 15.8. The molecule has 0 unspecified atom stereocenters. The van der Waals surface area contributed by atoms with Crippen LogP contribution in [0.3, 0.4) is 0 Å². The lowest BCUT2D eigenvalue weighted by atomic mass is 10.2. The van der Waals surface area contributed by atoms with Gasteiger partial charge in [0.2, 0.25) is 0 Å². The van der Waals surface area contributed by atoms with Crippen LogP contribution in [0, 0.1) is 0 Å². The van der Waals surface area contributed by atoms with Crippen LogP contribution >= 0.6 is 11.3 Å². The largest absolute Gasteiger partial charge is 0.321 e. The lowest BCUT2D eigenvalue weighted by Crippen LogP contribution is -2.10. The van der Waals surface area contributed by atoms with Crippen molar-refractivity contribution in [2.24, 2.45) is 0 Å². The van der Waals surface area contributed by atoms with Gasteiger partial charge in [-0.25, -0.2) is 9.97 Å². The molecule has 6 heteroatoms. The number of fused-ring (bicyclic) bond motifs is 1. The van der Waals surface area contributed by atoms with E-state index < -0.39 is 0 Å². The van der Waals surface area contributed by atoms with Gasteiger partial charge < -0.3 is 5.32 Å². The van der Waals surface area contributed by atoms with Gasteiger partial charge in [0.15, 0.2) is 0 Å². The van der Waals surface area contributed by atoms with Gasteiger partial charge in [-0.2, -0.15) is 0 Å². The van der Waals surface area contributed by atoms with Crippen molar-refractivity contribution in [3.8, 4) is 5.69 Å². The normalized spacial score (nSPS) is 13.8. The Bertz CT molecular complexity index is 1090. The number of amides is 1. The molecule has 1 fully saturated rings. The van der Waals surface area contributed by atoms with E-state index in [0.29, 0.717) is 10.8 Å². The summed E-state index contributed by atoms with van der Waals surface area (Å²) in [5.74, 6) is 0.473. The van der Waals surface area contributed by atoms with Gasteiger partial charge in [0.05, 0.1) is 22.2 Å². The van der Waals surface area contributed by atoms with E-state index in [0.717, 1.165) is 27.4 Å². The van der Waals surface area contributed by atoms with E-state index in [1.807, 2.05) is 59.4 Å². The number of thiazole rings is 1. The number of rotatable bonds is 4. The van der Waals surface area contributed by atoms with Gasteiger partial charge in [-0.15, -0.1) is 11.3 Å². The van der Waals surface area contributed by atoms with E-state index in [-0.39, 0.29) is 5.91 Å². The van der Waals surface area contributed by atoms with Crippen molar-refractivity contribution in [3.63, 3.8) is 0 Å². The molecule has 2 aromatic carbocycles. The zero-order valence-electron chi connectivity index (χ0n) is 13.9. The number of aromatic nitrogens is 3. The molecule has 1 N–H and O–H groups in total. The highest BCUT2D eigenvalue weighted by atomic mass is 32.1. The molecular formula is C20H16N4OS. The summed E-state index contributed by atoms with van der Waals surface area (Å²) in [6.45, 7) is 0. The Balaban J connectivity index is 1.35. The summed E-state index contributed by atoms with van der Waals surface area (Å²) in [4.78, 5) is 21.8. The maximum Gasteiger partial charge on any atom is 0.267 e. The topological polar surface area (TPSA) is 59.8 Å². The van der Waals surface area contributed by atoms with Crippen molar-refractivity contribution in [1.29, 1.82) is 0 Å². The van der Waals surface area contributed by atoms with Crippen LogP contribution in [-0.2, 0) is 0 Å². The minimum absolute atomic E-state index is 0.102. The molecule has 1 amide bonds. The highest BCUT2D eigenvalue weighted by molar-refractivity contribution is 7.13. The average molecular weight is 360 g/mol. The first-order valence-corrected chi connectivity index (χ1v) is 9.39. The molecule has 0 bridgehead atoms. The molecule has 0 saturated heterocycles. The molecule has 1 aliphatic rings. The fourth-order valence-electron chi connectivity index (χ4n) is 2.97. The van der Waals surface area contributed by atoms with Crippen molar-refractivity contribution in [3.05, 3.63) is 70.9 Å². The number of nitrogens with one attached hydrogen (secondary N) is 1. The predicted molar refractivity (Wildman–Crippen MR) is 103 cm³/mol. The third-order valence-electron chi connectivity index (χ3n) is 4.53. The maximum atomic E-state index is 12.4. The maximum absolute atomic E-state index is 12.4. The van der Waals surface area contributed by atoms with E-state index in [2.05, 4.69) is 15.3 Å². The molecule has 1 aliphatic carbocycles. The Morgan fingerprint density at radius 3 is 2.69 bits per heavy atom. The van der Waals surface area contributed by atoms with Crippen molar-refractivity contribution in [2.75, 3.05) is 5.32 Å². The van der Waals surface area contributed by atoms with E-state index in [9.17, 15) is 4.79 Å². The van der Waals surface area contributed by atoms with E-state index in [4.69, 9.17) is 0 Å². The fourth-order valence-corrected chi connectivity index (χ4v) is 3.96. The lowest BCUT2D eigenvalue weighted by Gasteiger charge is -2.07. The van der Waals surface area contributed by atoms with E-state index in [1.54, 1.807) is 6.20 Å². The molecular weight excluding hydrogens is 344 g/mol. The number of carbonyl (C=O) groups excluding carboxylic acids is 1. The summed E-state index contributed by atoms with van der Waals surface area (Å²) < 4.78 is 2.03. The Labute approximate surface area is 154 Å². The van der Waals surface area contributed by atoms with Crippen LogP contribution in [0.15, 0.2) is 61.1 Å². The molecule has 1 saturated carbocycles. The molecule has 5 rings (SSSR count). The Morgan fingerprint density at radius 2 is 1.88 bits per heavy atom. The van der Waals surface area contributed by atoms with Crippen LogP contribution in [0.25, 0.3) is 16.7 Å². The predicted octanol–water partition coefficient (Wildman–Crippen LogP) is 4.61. The molecule has 2 heterocycles. The van der Waals surface area contributed by atoms with Crippen LogP contribution < -0.4 is 5.32 Å². The number of benzene rings is 2. The SMILES string of the molecule is O=C(Nc1ccc(-n2cnc3ccccc32)cc1)c1cnc(C2CC2)s1. The highest BCUT2D eigenvalue weighted by Crippen LogP contribution is 2.41. The number of nitrogens with zero attached hydrogens (tertiary/aromatic N) is 3. The molecule has 2 aromatic heterocycles. The first-order chi connectivity index (χ1) is 12.8. The summed E-state index contributed by atoms with van der Waals surface area (Å²) in [7, 11) is 0. The Morgan fingerprint density at radius 1 is 1.08 bits per heavy atom. The molecule has 0 aliphatic heterocycles. The van der Waals surface area contributed by atoms with Crippen LogP contribution in [0.1, 0.15) is 33.4 Å². The first-order valence-electron chi connectivity index (χ1n) is 8.57.